The van der Waals surface area contributed by atoms with Crippen LogP contribution < -0.4 is 4.90 Å². The minimum atomic E-state index is -0.532. The molecule has 0 bridgehead atoms. The van der Waals surface area contributed by atoms with Gasteiger partial charge in [0.25, 0.3) is 5.91 Å². The van der Waals surface area contributed by atoms with Crippen LogP contribution in [-0.2, 0) is 14.3 Å². The van der Waals surface area contributed by atoms with E-state index in [9.17, 15) is 9.90 Å². The third-order valence-electron chi connectivity index (χ3n) is 3.38. The van der Waals surface area contributed by atoms with Crippen molar-refractivity contribution in [3.63, 3.8) is 0 Å². The van der Waals surface area contributed by atoms with Crippen LogP contribution in [0.2, 0.25) is 0 Å². The molecule has 5 heteroatoms. The minimum absolute atomic E-state index is 0.0926. The first-order valence-corrected chi connectivity index (χ1v) is 6.34. The van der Waals surface area contributed by atoms with E-state index in [0.717, 1.165) is 16.5 Å². The number of phenolic OH excluding ortho intramolecular Hbond substituents is 1. The Labute approximate surface area is 116 Å². The largest absolute Gasteiger partial charge is 0.508 e. The number of nitrogens with zero attached hydrogens (tertiary/aromatic N) is 1. The summed E-state index contributed by atoms with van der Waals surface area (Å²) in [4.78, 5) is 13.8. The van der Waals surface area contributed by atoms with Gasteiger partial charge in [-0.2, -0.15) is 0 Å². The molecule has 5 nitrogen and oxygen atoms in total. The summed E-state index contributed by atoms with van der Waals surface area (Å²) in [6, 6.07) is 10.8. The average Bonchev–Trinajstić information content (AvgIpc) is 2.80. The number of methoxy groups -OCH3 is 1. The second-order valence-electron chi connectivity index (χ2n) is 4.72. The van der Waals surface area contributed by atoms with Gasteiger partial charge in [-0.05, 0) is 35.0 Å². The van der Waals surface area contributed by atoms with Gasteiger partial charge in [-0.15, -0.1) is 0 Å². The molecule has 104 valence electrons. The second kappa shape index (κ2) is 5.11. The Bertz CT molecular complexity index is 655. The predicted molar refractivity (Wildman–Crippen MR) is 74.7 cm³/mol. The van der Waals surface area contributed by atoms with Gasteiger partial charge in [-0.1, -0.05) is 12.1 Å². The molecule has 1 aliphatic heterocycles. The number of hydrogen-bond acceptors (Lipinski definition) is 4. The molecule has 1 heterocycles. The van der Waals surface area contributed by atoms with Gasteiger partial charge in [0.15, 0.2) is 6.10 Å². The summed E-state index contributed by atoms with van der Waals surface area (Å²) < 4.78 is 10.4. The standard InChI is InChI=1S/C15H15NO4/c1-19-8-14-15(18)16(9-20-14)12-4-2-11-7-13(17)5-3-10(11)6-12/h2-7,14,17H,8-9H2,1H3/t14-/m1/s1. The van der Waals surface area contributed by atoms with Crippen LogP contribution in [0.5, 0.6) is 5.75 Å². The highest BCUT2D eigenvalue weighted by Crippen LogP contribution is 2.27. The molecule has 0 spiro atoms. The molecular formula is C15H15NO4. The maximum Gasteiger partial charge on any atom is 0.260 e. The van der Waals surface area contributed by atoms with E-state index in [1.54, 1.807) is 24.1 Å². The highest BCUT2D eigenvalue weighted by Gasteiger charge is 2.33. The summed E-state index contributed by atoms with van der Waals surface area (Å²) in [6.45, 7) is 0.493. The number of fused-ring (bicyclic) bond motifs is 1. The van der Waals surface area contributed by atoms with E-state index in [0.29, 0.717) is 0 Å². The van der Waals surface area contributed by atoms with Gasteiger partial charge in [0.2, 0.25) is 0 Å². The molecule has 1 fully saturated rings. The van der Waals surface area contributed by atoms with Crippen molar-refractivity contribution in [2.75, 3.05) is 25.3 Å². The van der Waals surface area contributed by atoms with Gasteiger partial charge < -0.3 is 14.6 Å². The molecule has 1 N–H and O–H groups in total. The predicted octanol–water partition coefficient (Wildman–Crippen LogP) is 1.88. The highest BCUT2D eigenvalue weighted by molar-refractivity contribution is 6.00. The third-order valence-corrected chi connectivity index (χ3v) is 3.38. The van der Waals surface area contributed by atoms with Gasteiger partial charge in [0.05, 0.1) is 6.61 Å². The number of carbonyl (C=O) groups is 1. The fourth-order valence-corrected chi connectivity index (χ4v) is 2.33. The number of benzene rings is 2. The Hall–Kier alpha value is -2.11. The molecule has 0 radical (unpaired) electrons. The summed E-state index contributed by atoms with van der Waals surface area (Å²) in [5.41, 5.74) is 0.784. The topological polar surface area (TPSA) is 59.0 Å². The van der Waals surface area contributed by atoms with Gasteiger partial charge in [-0.25, -0.2) is 0 Å². The lowest BCUT2D eigenvalue weighted by Gasteiger charge is -2.15. The Morgan fingerprint density at radius 3 is 2.85 bits per heavy atom. The van der Waals surface area contributed by atoms with Crippen LogP contribution in [0.25, 0.3) is 10.8 Å². The lowest BCUT2D eigenvalue weighted by molar-refractivity contribution is -0.124. The number of carbonyl (C=O) groups excluding carboxylic acids is 1. The van der Waals surface area contributed by atoms with Crippen molar-refractivity contribution in [1.82, 2.24) is 0 Å². The maximum absolute atomic E-state index is 12.2. The molecule has 2 aromatic carbocycles. The molecule has 0 unspecified atom stereocenters. The fraction of sp³-hybridized carbons (Fsp3) is 0.267. The zero-order valence-electron chi connectivity index (χ0n) is 11.1. The molecular weight excluding hydrogens is 258 g/mol. The number of anilines is 1. The Balaban J connectivity index is 1.91. The van der Waals surface area contributed by atoms with Crippen molar-refractivity contribution in [3.8, 4) is 5.75 Å². The van der Waals surface area contributed by atoms with Crippen LogP contribution >= 0.6 is 0 Å². The van der Waals surface area contributed by atoms with Gasteiger partial charge in [0.1, 0.15) is 12.5 Å². The Morgan fingerprint density at radius 1 is 1.30 bits per heavy atom. The average molecular weight is 273 g/mol. The molecule has 1 atom stereocenters. The Kier molecular flexibility index (Phi) is 3.30. The first-order valence-electron chi connectivity index (χ1n) is 6.34. The zero-order chi connectivity index (χ0) is 14.1. The quantitative estimate of drug-likeness (QED) is 0.927. The monoisotopic (exact) mass is 273 g/mol. The van der Waals surface area contributed by atoms with Crippen LogP contribution in [-0.4, -0.2) is 37.6 Å². The van der Waals surface area contributed by atoms with Crippen LogP contribution in [0.4, 0.5) is 5.69 Å². The van der Waals surface area contributed by atoms with Crippen molar-refractivity contribution < 1.29 is 19.4 Å². The first-order chi connectivity index (χ1) is 9.69. The molecule has 3 rings (SSSR count). The molecule has 0 saturated carbocycles. The van der Waals surface area contributed by atoms with E-state index in [1.807, 2.05) is 24.3 Å². The maximum atomic E-state index is 12.2. The van der Waals surface area contributed by atoms with Crippen molar-refractivity contribution in [1.29, 1.82) is 0 Å². The minimum Gasteiger partial charge on any atom is -0.508 e. The summed E-state index contributed by atoms with van der Waals surface area (Å²) in [6.07, 6.45) is -0.532. The summed E-state index contributed by atoms with van der Waals surface area (Å²) >= 11 is 0. The van der Waals surface area contributed by atoms with Gasteiger partial charge >= 0.3 is 0 Å². The molecule has 2 aromatic rings. The zero-order valence-corrected chi connectivity index (χ0v) is 11.1. The van der Waals surface area contributed by atoms with E-state index in [-0.39, 0.29) is 25.0 Å². The third kappa shape index (κ3) is 2.21. The van der Waals surface area contributed by atoms with E-state index >= 15 is 0 Å². The molecule has 1 amide bonds. The lowest BCUT2D eigenvalue weighted by Crippen LogP contribution is -2.31. The second-order valence-corrected chi connectivity index (χ2v) is 4.72. The summed E-state index contributed by atoms with van der Waals surface area (Å²) in [5, 5.41) is 11.3. The normalized spacial score (nSPS) is 18.9. The van der Waals surface area contributed by atoms with E-state index in [2.05, 4.69) is 0 Å². The highest BCUT2D eigenvalue weighted by atomic mass is 16.6. The number of phenols is 1. The van der Waals surface area contributed by atoms with Crippen LogP contribution in [0.3, 0.4) is 0 Å². The summed E-state index contributed by atoms with van der Waals surface area (Å²) in [7, 11) is 1.54. The van der Waals surface area contributed by atoms with Gasteiger partial charge in [0, 0.05) is 12.8 Å². The van der Waals surface area contributed by atoms with Crippen LogP contribution in [0, 0.1) is 0 Å². The Morgan fingerprint density at radius 2 is 2.05 bits per heavy atom. The van der Waals surface area contributed by atoms with E-state index < -0.39 is 6.10 Å². The molecule has 0 aliphatic carbocycles. The first kappa shape index (κ1) is 12.9. The van der Waals surface area contributed by atoms with Crippen molar-refractivity contribution in [2.45, 2.75) is 6.10 Å². The van der Waals surface area contributed by atoms with Crippen molar-refractivity contribution in [2.24, 2.45) is 0 Å². The number of amides is 1. The summed E-state index contributed by atoms with van der Waals surface area (Å²) in [5.74, 6) is 0.135. The molecule has 1 aliphatic rings. The number of rotatable bonds is 3. The number of aromatic hydroxyl groups is 1. The lowest BCUT2D eigenvalue weighted by atomic mass is 10.1. The molecule has 0 aromatic heterocycles. The van der Waals surface area contributed by atoms with Crippen molar-refractivity contribution in [3.05, 3.63) is 36.4 Å². The fourth-order valence-electron chi connectivity index (χ4n) is 2.33. The number of hydrogen-bond donors (Lipinski definition) is 1. The number of ether oxygens (including phenoxy) is 2. The van der Waals surface area contributed by atoms with E-state index in [4.69, 9.17) is 9.47 Å². The van der Waals surface area contributed by atoms with Gasteiger partial charge in [-0.3, -0.25) is 9.69 Å². The van der Waals surface area contributed by atoms with E-state index in [1.165, 1.54) is 0 Å². The van der Waals surface area contributed by atoms with Crippen LogP contribution in [0.1, 0.15) is 0 Å². The molecule has 1 saturated heterocycles. The van der Waals surface area contributed by atoms with Crippen molar-refractivity contribution >= 4 is 22.4 Å². The SMILES string of the molecule is COC[C@H]1OCN(c2ccc3cc(O)ccc3c2)C1=O. The smallest absolute Gasteiger partial charge is 0.260 e. The van der Waals surface area contributed by atoms with Crippen LogP contribution in [0.15, 0.2) is 36.4 Å². The molecule has 20 heavy (non-hydrogen) atoms.